The Balaban J connectivity index is 1.96. The van der Waals surface area contributed by atoms with Crippen LogP contribution in [0.4, 0.5) is 16.2 Å². The molecule has 0 fully saturated rings. The number of benzene rings is 2. The highest BCUT2D eigenvalue weighted by molar-refractivity contribution is 5.99. The second-order valence-corrected chi connectivity index (χ2v) is 5.21. The highest BCUT2D eigenvalue weighted by Crippen LogP contribution is 2.20. The number of ether oxygens (including phenoxy) is 2. The van der Waals surface area contributed by atoms with Gasteiger partial charge in [0.25, 0.3) is 0 Å². The summed E-state index contributed by atoms with van der Waals surface area (Å²) in [6, 6.07) is 14.8. The van der Waals surface area contributed by atoms with Crippen LogP contribution in [0.1, 0.15) is 24.2 Å². The summed E-state index contributed by atoms with van der Waals surface area (Å²) in [5.74, 6) is 0. The van der Waals surface area contributed by atoms with Gasteiger partial charge in [-0.25, -0.2) is 4.79 Å². The third-order valence-corrected chi connectivity index (χ3v) is 3.49. The summed E-state index contributed by atoms with van der Waals surface area (Å²) in [6.07, 6.45) is -0.0202. The predicted molar refractivity (Wildman–Crippen MR) is 91.7 cm³/mol. The molecular weight excluding hydrogens is 292 g/mol. The van der Waals surface area contributed by atoms with E-state index >= 15 is 0 Å². The topological polar surface area (TPSA) is 59.6 Å². The molecule has 2 amide bonds. The molecule has 1 atom stereocenters. The van der Waals surface area contributed by atoms with E-state index in [0.717, 1.165) is 22.5 Å². The Kier molecular flexibility index (Phi) is 6.14. The second-order valence-electron chi connectivity index (χ2n) is 5.21. The van der Waals surface area contributed by atoms with Crippen molar-refractivity contribution in [3.8, 4) is 0 Å². The largest absolute Gasteiger partial charge is 0.380 e. The van der Waals surface area contributed by atoms with Crippen LogP contribution in [-0.4, -0.2) is 20.3 Å². The quantitative estimate of drug-likeness (QED) is 0.840. The fourth-order valence-electron chi connectivity index (χ4n) is 2.15. The number of rotatable bonds is 6. The zero-order valence-corrected chi connectivity index (χ0v) is 13.6. The molecule has 0 heterocycles. The number of hydrogen-bond acceptors (Lipinski definition) is 3. The smallest absolute Gasteiger partial charge is 0.323 e. The summed E-state index contributed by atoms with van der Waals surface area (Å²) < 4.78 is 10.3. The van der Waals surface area contributed by atoms with E-state index in [2.05, 4.69) is 10.6 Å². The van der Waals surface area contributed by atoms with Gasteiger partial charge in [0.1, 0.15) is 0 Å². The number of carbonyl (C=O) groups excluding carboxylic acids is 1. The maximum Gasteiger partial charge on any atom is 0.323 e. The minimum Gasteiger partial charge on any atom is -0.380 e. The summed E-state index contributed by atoms with van der Waals surface area (Å²) in [5.41, 5.74) is 3.51. The molecule has 0 saturated heterocycles. The molecule has 0 aliphatic carbocycles. The number of nitrogens with one attached hydrogen (secondary N) is 2. The average molecular weight is 314 g/mol. The molecule has 0 bridgehead atoms. The Morgan fingerprint density at radius 1 is 1.04 bits per heavy atom. The SMILES string of the molecule is COCc1ccc(NC(=O)Nc2cccc(C(C)OC)c2)cc1. The van der Waals surface area contributed by atoms with Gasteiger partial charge < -0.3 is 20.1 Å². The molecular formula is C18H22N2O3. The summed E-state index contributed by atoms with van der Waals surface area (Å²) in [5, 5.41) is 5.62. The van der Waals surface area contributed by atoms with Crippen molar-refractivity contribution in [3.63, 3.8) is 0 Å². The molecule has 0 aliphatic heterocycles. The van der Waals surface area contributed by atoms with E-state index in [9.17, 15) is 4.79 Å². The van der Waals surface area contributed by atoms with Gasteiger partial charge in [0.05, 0.1) is 12.7 Å². The van der Waals surface area contributed by atoms with Gasteiger partial charge in [-0.15, -0.1) is 0 Å². The Bertz CT molecular complexity index is 641. The summed E-state index contributed by atoms with van der Waals surface area (Å²) in [7, 11) is 3.31. The second kappa shape index (κ2) is 8.31. The van der Waals surface area contributed by atoms with E-state index in [1.807, 2.05) is 55.5 Å². The Labute approximate surface area is 136 Å². The lowest BCUT2D eigenvalue weighted by molar-refractivity contribution is 0.119. The first-order valence-electron chi connectivity index (χ1n) is 7.41. The van der Waals surface area contributed by atoms with Crippen molar-refractivity contribution in [2.45, 2.75) is 19.6 Å². The number of carbonyl (C=O) groups is 1. The van der Waals surface area contributed by atoms with Crippen molar-refractivity contribution < 1.29 is 14.3 Å². The van der Waals surface area contributed by atoms with Gasteiger partial charge in [-0.3, -0.25) is 0 Å². The molecule has 5 heteroatoms. The molecule has 0 saturated carbocycles. The summed E-state index contributed by atoms with van der Waals surface area (Å²) in [6.45, 7) is 2.51. The maximum absolute atomic E-state index is 12.1. The molecule has 2 rings (SSSR count). The van der Waals surface area contributed by atoms with Crippen molar-refractivity contribution in [2.75, 3.05) is 24.9 Å². The van der Waals surface area contributed by atoms with Gasteiger partial charge >= 0.3 is 6.03 Å². The number of hydrogen-bond donors (Lipinski definition) is 2. The molecule has 0 aliphatic rings. The molecule has 0 spiro atoms. The van der Waals surface area contributed by atoms with Crippen LogP contribution in [0, 0.1) is 0 Å². The van der Waals surface area contributed by atoms with Crippen LogP contribution in [0.2, 0.25) is 0 Å². The number of amides is 2. The van der Waals surface area contributed by atoms with Crippen LogP contribution in [-0.2, 0) is 16.1 Å². The maximum atomic E-state index is 12.1. The standard InChI is InChI=1S/C18H22N2O3/c1-13(23-3)15-5-4-6-17(11-15)20-18(21)19-16-9-7-14(8-10-16)12-22-2/h4-11,13H,12H2,1-3H3,(H2,19,20,21). The predicted octanol–water partition coefficient (Wildman–Crippen LogP) is 4.18. The molecule has 2 aromatic carbocycles. The van der Waals surface area contributed by atoms with E-state index < -0.39 is 0 Å². The monoisotopic (exact) mass is 314 g/mol. The Morgan fingerprint density at radius 2 is 1.74 bits per heavy atom. The van der Waals surface area contributed by atoms with Gasteiger partial charge in [-0.05, 0) is 42.3 Å². The van der Waals surface area contributed by atoms with E-state index in [1.165, 1.54) is 0 Å². The van der Waals surface area contributed by atoms with Gasteiger partial charge in [0.2, 0.25) is 0 Å². The third kappa shape index (κ3) is 5.09. The Hall–Kier alpha value is -2.37. The molecule has 0 radical (unpaired) electrons. The first-order chi connectivity index (χ1) is 11.1. The lowest BCUT2D eigenvalue weighted by Gasteiger charge is -2.12. The van der Waals surface area contributed by atoms with Crippen LogP contribution < -0.4 is 10.6 Å². The minimum absolute atomic E-state index is 0.0202. The van der Waals surface area contributed by atoms with Crippen LogP contribution in [0.5, 0.6) is 0 Å². The first-order valence-corrected chi connectivity index (χ1v) is 7.41. The van der Waals surface area contributed by atoms with Crippen molar-refractivity contribution >= 4 is 17.4 Å². The molecule has 0 aromatic heterocycles. The first kappa shape index (κ1) is 17.0. The lowest BCUT2D eigenvalue weighted by atomic mass is 10.1. The highest BCUT2D eigenvalue weighted by atomic mass is 16.5. The van der Waals surface area contributed by atoms with Crippen LogP contribution >= 0.6 is 0 Å². The third-order valence-electron chi connectivity index (χ3n) is 3.49. The summed E-state index contributed by atoms with van der Waals surface area (Å²) >= 11 is 0. The van der Waals surface area contributed by atoms with Gasteiger partial charge in [-0.1, -0.05) is 24.3 Å². The molecule has 122 valence electrons. The normalized spacial score (nSPS) is 11.8. The van der Waals surface area contributed by atoms with E-state index in [1.54, 1.807) is 14.2 Å². The van der Waals surface area contributed by atoms with Gasteiger partial charge in [-0.2, -0.15) is 0 Å². The van der Waals surface area contributed by atoms with Crippen LogP contribution in [0.25, 0.3) is 0 Å². The van der Waals surface area contributed by atoms with Crippen molar-refractivity contribution in [2.24, 2.45) is 0 Å². The van der Waals surface area contributed by atoms with E-state index in [0.29, 0.717) is 6.61 Å². The van der Waals surface area contributed by atoms with Gasteiger partial charge in [0.15, 0.2) is 0 Å². The zero-order chi connectivity index (χ0) is 16.7. The molecule has 23 heavy (non-hydrogen) atoms. The van der Waals surface area contributed by atoms with Crippen molar-refractivity contribution in [1.82, 2.24) is 0 Å². The fourth-order valence-corrected chi connectivity index (χ4v) is 2.15. The van der Waals surface area contributed by atoms with E-state index in [-0.39, 0.29) is 12.1 Å². The average Bonchev–Trinajstić information content (AvgIpc) is 2.56. The van der Waals surface area contributed by atoms with Gasteiger partial charge in [0, 0.05) is 25.6 Å². The van der Waals surface area contributed by atoms with Crippen LogP contribution in [0.3, 0.4) is 0 Å². The molecule has 5 nitrogen and oxygen atoms in total. The number of urea groups is 1. The number of anilines is 2. The molecule has 2 N–H and O–H groups in total. The lowest BCUT2D eigenvalue weighted by Crippen LogP contribution is -2.19. The Morgan fingerprint density at radius 3 is 2.39 bits per heavy atom. The molecule has 2 aromatic rings. The van der Waals surface area contributed by atoms with E-state index in [4.69, 9.17) is 9.47 Å². The fraction of sp³-hybridized carbons (Fsp3) is 0.278. The minimum atomic E-state index is -0.285. The van der Waals surface area contributed by atoms with Crippen molar-refractivity contribution in [3.05, 3.63) is 59.7 Å². The zero-order valence-electron chi connectivity index (χ0n) is 13.6. The number of methoxy groups -OCH3 is 2. The molecule has 1 unspecified atom stereocenters. The summed E-state index contributed by atoms with van der Waals surface area (Å²) in [4.78, 5) is 12.1. The van der Waals surface area contributed by atoms with Crippen molar-refractivity contribution in [1.29, 1.82) is 0 Å². The highest BCUT2D eigenvalue weighted by Gasteiger charge is 2.07. The van der Waals surface area contributed by atoms with Crippen LogP contribution in [0.15, 0.2) is 48.5 Å².